The number of rotatable bonds is 6. The number of hydrogen-bond donors (Lipinski definition) is 0. The van der Waals surface area contributed by atoms with Crippen LogP contribution in [0.1, 0.15) is 42.5 Å². The highest BCUT2D eigenvalue weighted by Crippen LogP contribution is 2.27. The Kier molecular flexibility index (Phi) is 6.19. The minimum absolute atomic E-state index is 0.140. The van der Waals surface area contributed by atoms with Gasteiger partial charge in [-0.3, -0.25) is 4.79 Å². The summed E-state index contributed by atoms with van der Waals surface area (Å²) in [7, 11) is 3.18. The summed E-state index contributed by atoms with van der Waals surface area (Å²) in [6.07, 6.45) is 4.95. The van der Waals surface area contributed by atoms with Crippen molar-refractivity contribution in [3.63, 3.8) is 0 Å². The zero-order chi connectivity index (χ0) is 15.9. The first kappa shape index (κ1) is 16.7. The summed E-state index contributed by atoms with van der Waals surface area (Å²) in [5, 5.41) is 0. The number of nitrogens with zero attached hydrogens (tertiary/aromatic N) is 1. The molecule has 5 heteroatoms. The van der Waals surface area contributed by atoms with Crippen LogP contribution in [0.15, 0.2) is 18.2 Å². The topological polar surface area (TPSA) is 38.8 Å². The summed E-state index contributed by atoms with van der Waals surface area (Å²) in [6, 6.07) is 4.28. The Labute approximate surface area is 131 Å². The van der Waals surface area contributed by atoms with Crippen molar-refractivity contribution in [2.75, 3.05) is 27.4 Å². The second-order valence-electron chi connectivity index (χ2n) is 5.63. The standard InChI is InChI=1S/C17H24FNO3/c1-21-11-5-7-14-6-3-4-10-19(14)17(20)15-12-13(18)8-9-16(15)22-2/h8-9,12,14H,3-7,10-11H2,1-2H3/t14-/m0/s1. The Hall–Kier alpha value is -1.62. The van der Waals surface area contributed by atoms with Crippen LogP contribution in [-0.4, -0.2) is 44.2 Å². The summed E-state index contributed by atoms with van der Waals surface area (Å²) in [5.41, 5.74) is 0.307. The normalized spacial score (nSPS) is 18.3. The van der Waals surface area contributed by atoms with E-state index in [2.05, 4.69) is 0 Å². The fourth-order valence-electron chi connectivity index (χ4n) is 3.03. The maximum Gasteiger partial charge on any atom is 0.257 e. The van der Waals surface area contributed by atoms with Crippen LogP contribution >= 0.6 is 0 Å². The number of hydrogen-bond acceptors (Lipinski definition) is 3. The van der Waals surface area contributed by atoms with Crippen LogP contribution < -0.4 is 4.74 Å². The highest BCUT2D eigenvalue weighted by atomic mass is 19.1. The first-order valence-electron chi connectivity index (χ1n) is 7.80. The summed E-state index contributed by atoms with van der Waals surface area (Å²) in [6.45, 7) is 1.41. The molecular formula is C17H24FNO3. The molecule has 1 fully saturated rings. The minimum Gasteiger partial charge on any atom is -0.496 e. The molecule has 0 saturated carbocycles. The van der Waals surface area contributed by atoms with E-state index in [-0.39, 0.29) is 11.9 Å². The predicted molar refractivity (Wildman–Crippen MR) is 82.7 cm³/mol. The van der Waals surface area contributed by atoms with Crippen molar-refractivity contribution in [1.29, 1.82) is 0 Å². The van der Waals surface area contributed by atoms with Gasteiger partial charge in [0.1, 0.15) is 11.6 Å². The number of halogens is 1. The van der Waals surface area contributed by atoms with Crippen molar-refractivity contribution in [3.8, 4) is 5.75 Å². The largest absolute Gasteiger partial charge is 0.496 e. The van der Waals surface area contributed by atoms with Gasteiger partial charge in [0.15, 0.2) is 0 Å². The van der Waals surface area contributed by atoms with Crippen LogP contribution in [0.5, 0.6) is 5.75 Å². The van der Waals surface area contributed by atoms with Gasteiger partial charge in [-0.1, -0.05) is 0 Å². The van der Waals surface area contributed by atoms with Gasteiger partial charge in [-0.05, 0) is 50.3 Å². The maximum absolute atomic E-state index is 13.5. The molecule has 0 radical (unpaired) electrons. The molecule has 1 saturated heterocycles. The second-order valence-corrected chi connectivity index (χ2v) is 5.63. The number of methoxy groups -OCH3 is 2. The van der Waals surface area contributed by atoms with E-state index >= 15 is 0 Å². The lowest BCUT2D eigenvalue weighted by Gasteiger charge is -2.36. The molecule has 1 heterocycles. The summed E-state index contributed by atoms with van der Waals surface area (Å²) >= 11 is 0. The number of ether oxygens (including phenoxy) is 2. The fraction of sp³-hybridized carbons (Fsp3) is 0.588. The van der Waals surface area contributed by atoms with E-state index in [9.17, 15) is 9.18 Å². The van der Waals surface area contributed by atoms with Gasteiger partial charge in [0.05, 0.1) is 12.7 Å². The second kappa shape index (κ2) is 8.13. The van der Waals surface area contributed by atoms with E-state index in [4.69, 9.17) is 9.47 Å². The SMILES string of the molecule is COCCC[C@@H]1CCCCN1C(=O)c1cc(F)ccc1OC. The van der Waals surface area contributed by atoms with Gasteiger partial charge in [0, 0.05) is 26.3 Å². The first-order valence-corrected chi connectivity index (χ1v) is 7.80. The third kappa shape index (κ3) is 3.97. The van der Waals surface area contributed by atoms with E-state index in [1.807, 2.05) is 4.90 Å². The zero-order valence-electron chi connectivity index (χ0n) is 13.3. The van der Waals surface area contributed by atoms with Crippen LogP contribution in [0.3, 0.4) is 0 Å². The van der Waals surface area contributed by atoms with Crippen molar-refractivity contribution in [2.45, 2.75) is 38.1 Å². The quantitative estimate of drug-likeness (QED) is 0.757. The van der Waals surface area contributed by atoms with E-state index in [0.717, 1.165) is 38.6 Å². The highest BCUT2D eigenvalue weighted by molar-refractivity contribution is 5.97. The maximum atomic E-state index is 13.5. The van der Waals surface area contributed by atoms with Gasteiger partial charge >= 0.3 is 0 Å². The zero-order valence-corrected chi connectivity index (χ0v) is 13.3. The number of amides is 1. The molecule has 4 nitrogen and oxygen atoms in total. The Morgan fingerprint density at radius 3 is 2.91 bits per heavy atom. The molecule has 1 amide bonds. The van der Waals surface area contributed by atoms with Crippen LogP contribution in [0.2, 0.25) is 0 Å². The van der Waals surface area contributed by atoms with Crippen LogP contribution in [0.25, 0.3) is 0 Å². The van der Waals surface area contributed by atoms with Gasteiger partial charge in [0.2, 0.25) is 0 Å². The Balaban J connectivity index is 2.16. The molecule has 1 aliphatic rings. The monoisotopic (exact) mass is 309 g/mol. The molecular weight excluding hydrogens is 285 g/mol. The number of piperidine rings is 1. The molecule has 0 aromatic heterocycles. The molecule has 0 aliphatic carbocycles. The Morgan fingerprint density at radius 2 is 2.18 bits per heavy atom. The summed E-state index contributed by atoms with van der Waals surface area (Å²) in [5.74, 6) is -0.136. The van der Waals surface area contributed by atoms with Gasteiger partial charge in [0.25, 0.3) is 5.91 Å². The van der Waals surface area contributed by atoms with Gasteiger partial charge < -0.3 is 14.4 Å². The molecule has 1 aliphatic heterocycles. The molecule has 1 aromatic carbocycles. The third-order valence-electron chi connectivity index (χ3n) is 4.17. The van der Waals surface area contributed by atoms with Gasteiger partial charge in [-0.15, -0.1) is 0 Å². The lowest BCUT2D eigenvalue weighted by molar-refractivity contribution is 0.0581. The molecule has 122 valence electrons. The lowest BCUT2D eigenvalue weighted by atomic mass is 9.97. The molecule has 1 aromatic rings. The van der Waals surface area contributed by atoms with E-state index in [1.54, 1.807) is 7.11 Å². The number of benzene rings is 1. The molecule has 0 bridgehead atoms. The van der Waals surface area contributed by atoms with Crippen LogP contribution in [-0.2, 0) is 4.74 Å². The lowest BCUT2D eigenvalue weighted by Crippen LogP contribution is -2.44. The molecule has 0 unspecified atom stereocenters. The van der Waals surface area contributed by atoms with Crippen molar-refractivity contribution >= 4 is 5.91 Å². The van der Waals surface area contributed by atoms with E-state index in [0.29, 0.717) is 17.9 Å². The number of likely N-dealkylation sites (tertiary alicyclic amines) is 1. The van der Waals surface area contributed by atoms with Crippen LogP contribution in [0, 0.1) is 5.82 Å². The van der Waals surface area contributed by atoms with Gasteiger partial charge in [-0.25, -0.2) is 4.39 Å². The summed E-state index contributed by atoms with van der Waals surface area (Å²) < 4.78 is 23.8. The molecule has 2 rings (SSSR count). The Morgan fingerprint density at radius 1 is 1.36 bits per heavy atom. The smallest absolute Gasteiger partial charge is 0.257 e. The fourth-order valence-corrected chi connectivity index (χ4v) is 3.03. The number of carbonyl (C=O) groups is 1. The van der Waals surface area contributed by atoms with Crippen molar-refractivity contribution in [3.05, 3.63) is 29.6 Å². The first-order chi connectivity index (χ1) is 10.7. The van der Waals surface area contributed by atoms with Crippen molar-refractivity contribution in [2.24, 2.45) is 0 Å². The average Bonchev–Trinajstić information content (AvgIpc) is 2.55. The highest BCUT2D eigenvalue weighted by Gasteiger charge is 2.28. The van der Waals surface area contributed by atoms with Crippen molar-refractivity contribution < 1.29 is 18.7 Å². The number of carbonyl (C=O) groups excluding carboxylic acids is 1. The third-order valence-corrected chi connectivity index (χ3v) is 4.17. The van der Waals surface area contributed by atoms with Gasteiger partial charge in [-0.2, -0.15) is 0 Å². The molecule has 22 heavy (non-hydrogen) atoms. The van der Waals surface area contributed by atoms with E-state index in [1.165, 1.54) is 25.3 Å². The molecule has 0 spiro atoms. The van der Waals surface area contributed by atoms with Crippen molar-refractivity contribution in [1.82, 2.24) is 4.90 Å². The average molecular weight is 309 g/mol. The molecule has 0 N–H and O–H groups in total. The van der Waals surface area contributed by atoms with E-state index < -0.39 is 5.82 Å². The predicted octanol–water partition coefficient (Wildman–Crippen LogP) is 3.26. The van der Waals surface area contributed by atoms with Crippen LogP contribution in [0.4, 0.5) is 4.39 Å². The Bertz CT molecular complexity index is 507. The summed E-state index contributed by atoms with van der Waals surface area (Å²) in [4.78, 5) is 14.7. The molecule has 1 atom stereocenters. The minimum atomic E-state index is -0.419.